The van der Waals surface area contributed by atoms with Crippen LogP contribution in [0.3, 0.4) is 0 Å². The van der Waals surface area contributed by atoms with Crippen LogP contribution < -0.4 is 5.73 Å². The van der Waals surface area contributed by atoms with Gasteiger partial charge < -0.3 is 10.6 Å². The lowest BCUT2D eigenvalue weighted by atomic mass is 9.86. The summed E-state index contributed by atoms with van der Waals surface area (Å²) in [6.45, 7) is 7.68. The van der Waals surface area contributed by atoms with E-state index in [2.05, 4.69) is 4.90 Å². The first-order chi connectivity index (χ1) is 12.0. The molecule has 2 aliphatic rings. The lowest BCUT2D eigenvalue weighted by Gasteiger charge is -2.43. The van der Waals surface area contributed by atoms with Gasteiger partial charge in [0.15, 0.2) is 0 Å². The first-order valence-electron chi connectivity index (χ1n) is 9.40. The van der Waals surface area contributed by atoms with Crippen molar-refractivity contribution in [3.8, 4) is 0 Å². The molecule has 1 saturated carbocycles. The Morgan fingerprint density at radius 2 is 1.80 bits per heavy atom. The third kappa shape index (κ3) is 3.87. The highest BCUT2D eigenvalue weighted by Crippen LogP contribution is 2.28. The van der Waals surface area contributed by atoms with Crippen LogP contribution in [0.5, 0.6) is 0 Å². The van der Waals surface area contributed by atoms with Crippen LogP contribution in [0.1, 0.15) is 54.9 Å². The van der Waals surface area contributed by atoms with Crippen molar-refractivity contribution in [2.75, 3.05) is 26.2 Å². The summed E-state index contributed by atoms with van der Waals surface area (Å²) in [5, 5.41) is 0. The normalized spacial score (nSPS) is 21.4. The molecule has 0 radical (unpaired) electrons. The Kier molecular flexibility index (Phi) is 5.42. The minimum absolute atomic E-state index is 0.0523. The average molecular weight is 343 g/mol. The van der Waals surface area contributed by atoms with Gasteiger partial charge in [-0.1, -0.05) is 32.4 Å². The second-order valence-corrected chi connectivity index (χ2v) is 7.51. The van der Waals surface area contributed by atoms with E-state index < -0.39 is 5.91 Å². The maximum Gasteiger partial charge on any atom is 0.248 e. The molecule has 1 unspecified atom stereocenters. The summed E-state index contributed by atoms with van der Waals surface area (Å²) in [5.74, 6) is -0.278. The van der Waals surface area contributed by atoms with E-state index in [1.807, 2.05) is 36.9 Å². The Hall–Kier alpha value is -1.88. The van der Waals surface area contributed by atoms with Crippen molar-refractivity contribution >= 4 is 11.8 Å². The molecule has 136 valence electrons. The van der Waals surface area contributed by atoms with Crippen molar-refractivity contribution in [2.45, 2.75) is 45.1 Å². The van der Waals surface area contributed by atoms with Gasteiger partial charge in [0.05, 0.1) is 0 Å². The average Bonchev–Trinajstić information content (AvgIpc) is 2.59. The number of hydrogen-bond donors (Lipinski definition) is 1. The number of primary amides is 1. The number of amides is 2. The van der Waals surface area contributed by atoms with Crippen molar-refractivity contribution < 1.29 is 9.59 Å². The molecule has 1 aliphatic carbocycles. The number of benzene rings is 1. The molecule has 1 aromatic carbocycles. The van der Waals surface area contributed by atoms with E-state index in [9.17, 15) is 9.59 Å². The summed E-state index contributed by atoms with van der Waals surface area (Å²) < 4.78 is 0. The predicted octanol–water partition coefficient (Wildman–Crippen LogP) is 2.22. The number of nitrogens with zero attached hydrogens (tertiary/aromatic N) is 2. The molecule has 1 aliphatic heterocycles. The van der Waals surface area contributed by atoms with E-state index >= 15 is 0 Å². The summed E-state index contributed by atoms with van der Waals surface area (Å²) in [5.41, 5.74) is 6.86. The molecule has 2 atom stereocenters. The summed E-state index contributed by atoms with van der Waals surface area (Å²) in [7, 11) is 0. The van der Waals surface area contributed by atoms with E-state index in [0.29, 0.717) is 5.56 Å². The van der Waals surface area contributed by atoms with Gasteiger partial charge in [0.2, 0.25) is 11.8 Å². The fraction of sp³-hybridized carbons (Fsp3) is 0.600. The van der Waals surface area contributed by atoms with Crippen LogP contribution in [-0.4, -0.2) is 53.8 Å². The highest BCUT2D eigenvalue weighted by atomic mass is 16.2. The molecule has 1 saturated heterocycles. The van der Waals surface area contributed by atoms with E-state index in [1.165, 1.54) is 19.3 Å². The molecule has 5 nitrogen and oxygen atoms in total. The lowest BCUT2D eigenvalue weighted by Crippen LogP contribution is -2.54. The Morgan fingerprint density at radius 1 is 1.12 bits per heavy atom. The van der Waals surface area contributed by atoms with Gasteiger partial charge in [0, 0.05) is 43.7 Å². The first-order valence-corrected chi connectivity index (χ1v) is 9.40. The predicted molar refractivity (Wildman–Crippen MR) is 98.3 cm³/mol. The van der Waals surface area contributed by atoms with Gasteiger partial charge in [-0.2, -0.15) is 0 Å². The van der Waals surface area contributed by atoms with Gasteiger partial charge in [0.25, 0.3) is 0 Å². The van der Waals surface area contributed by atoms with Gasteiger partial charge in [-0.25, -0.2) is 0 Å². The summed E-state index contributed by atoms with van der Waals surface area (Å²) in [6, 6.07) is 8.08. The Morgan fingerprint density at radius 3 is 2.36 bits per heavy atom. The molecule has 0 aromatic heterocycles. The number of carbonyl (C=O) groups excluding carboxylic acids is 2. The fourth-order valence-corrected chi connectivity index (χ4v) is 3.82. The molecule has 25 heavy (non-hydrogen) atoms. The number of piperazine rings is 1. The van der Waals surface area contributed by atoms with Crippen LogP contribution in [-0.2, 0) is 4.79 Å². The third-order valence-electron chi connectivity index (χ3n) is 6.05. The minimum Gasteiger partial charge on any atom is -0.366 e. The molecule has 2 N–H and O–H groups in total. The van der Waals surface area contributed by atoms with Crippen molar-refractivity contribution in [1.29, 1.82) is 0 Å². The Labute approximate surface area is 150 Å². The number of carbonyl (C=O) groups is 2. The minimum atomic E-state index is -0.430. The zero-order valence-electron chi connectivity index (χ0n) is 15.3. The van der Waals surface area contributed by atoms with E-state index in [1.54, 1.807) is 6.07 Å². The summed E-state index contributed by atoms with van der Waals surface area (Å²) in [6.07, 6.45) is 3.98. The number of nitrogens with two attached hydrogens (primary N) is 1. The lowest BCUT2D eigenvalue weighted by molar-refractivity contribution is -0.138. The SMILES string of the molecule is CC(c1cccc(C(N)=O)c1)[C@H](C)C(=O)N1CCN(C2CCC2)CC1. The fourth-order valence-electron chi connectivity index (χ4n) is 3.82. The van der Waals surface area contributed by atoms with Crippen LogP contribution in [0, 0.1) is 5.92 Å². The second kappa shape index (κ2) is 7.56. The van der Waals surface area contributed by atoms with Crippen LogP contribution in [0.4, 0.5) is 0 Å². The van der Waals surface area contributed by atoms with Crippen LogP contribution in [0.2, 0.25) is 0 Å². The highest BCUT2D eigenvalue weighted by molar-refractivity contribution is 5.93. The zero-order chi connectivity index (χ0) is 18.0. The quantitative estimate of drug-likeness (QED) is 0.891. The van der Waals surface area contributed by atoms with Gasteiger partial charge in [0.1, 0.15) is 0 Å². The standard InChI is InChI=1S/C20H29N3O2/c1-14(16-5-3-6-17(13-16)19(21)24)15(2)20(25)23-11-9-22(10-12-23)18-7-4-8-18/h3,5-6,13-15,18H,4,7-12H2,1-2H3,(H2,21,24)/t14?,15-/m0/s1. The van der Waals surface area contributed by atoms with Crippen molar-refractivity contribution in [3.63, 3.8) is 0 Å². The molecule has 5 heteroatoms. The van der Waals surface area contributed by atoms with Gasteiger partial charge in [-0.3, -0.25) is 14.5 Å². The monoisotopic (exact) mass is 343 g/mol. The molecule has 1 aromatic rings. The van der Waals surface area contributed by atoms with Crippen LogP contribution in [0.15, 0.2) is 24.3 Å². The molecule has 2 fully saturated rings. The van der Waals surface area contributed by atoms with E-state index in [0.717, 1.165) is 37.8 Å². The number of hydrogen-bond acceptors (Lipinski definition) is 3. The van der Waals surface area contributed by atoms with Gasteiger partial charge in [-0.15, -0.1) is 0 Å². The topological polar surface area (TPSA) is 66.6 Å². The van der Waals surface area contributed by atoms with Crippen LogP contribution >= 0.6 is 0 Å². The van der Waals surface area contributed by atoms with E-state index in [4.69, 9.17) is 5.73 Å². The zero-order valence-corrected chi connectivity index (χ0v) is 15.3. The van der Waals surface area contributed by atoms with Crippen molar-refractivity contribution in [2.24, 2.45) is 11.7 Å². The molecule has 0 spiro atoms. The largest absolute Gasteiger partial charge is 0.366 e. The molecular formula is C20H29N3O2. The summed E-state index contributed by atoms with van der Waals surface area (Å²) >= 11 is 0. The van der Waals surface area contributed by atoms with Gasteiger partial charge in [-0.05, 0) is 36.5 Å². The molecule has 0 bridgehead atoms. The first kappa shape index (κ1) is 17.9. The van der Waals surface area contributed by atoms with Crippen LogP contribution in [0.25, 0.3) is 0 Å². The van der Waals surface area contributed by atoms with E-state index in [-0.39, 0.29) is 17.7 Å². The highest BCUT2D eigenvalue weighted by Gasteiger charge is 2.32. The Balaban J connectivity index is 1.60. The molecule has 2 amide bonds. The molecule has 1 heterocycles. The van der Waals surface area contributed by atoms with Crippen molar-refractivity contribution in [3.05, 3.63) is 35.4 Å². The van der Waals surface area contributed by atoms with Crippen molar-refractivity contribution in [1.82, 2.24) is 9.80 Å². The smallest absolute Gasteiger partial charge is 0.248 e. The molecular weight excluding hydrogens is 314 g/mol. The summed E-state index contributed by atoms with van der Waals surface area (Å²) in [4.78, 5) is 28.8. The maximum atomic E-state index is 12.9. The second-order valence-electron chi connectivity index (χ2n) is 7.51. The maximum absolute atomic E-state index is 12.9. The molecule has 3 rings (SSSR count). The van der Waals surface area contributed by atoms with Gasteiger partial charge >= 0.3 is 0 Å². The third-order valence-corrected chi connectivity index (χ3v) is 6.05. The number of rotatable bonds is 5. The Bertz CT molecular complexity index is 634.